The Morgan fingerprint density at radius 1 is 1.35 bits per heavy atom. The predicted octanol–water partition coefficient (Wildman–Crippen LogP) is 2.07. The van der Waals surface area contributed by atoms with Gasteiger partial charge in [-0.05, 0) is 50.3 Å². The number of para-hydroxylation sites is 1. The van der Waals surface area contributed by atoms with Crippen LogP contribution < -0.4 is 10.6 Å². The van der Waals surface area contributed by atoms with Gasteiger partial charge in [0.1, 0.15) is 0 Å². The molecule has 1 aliphatic rings. The summed E-state index contributed by atoms with van der Waals surface area (Å²) < 4.78 is 0. The van der Waals surface area contributed by atoms with E-state index in [0.717, 1.165) is 43.5 Å². The van der Waals surface area contributed by atoms with E-state index in [1.807, 2.05) is 31.2 Å². The van der Waals surface area contributed by atoms with Crippen molar-refractivity contribution < 1.29 is 9.90 Å². The standard InChI is InChI=1S/C16H24N2O2/c1-12-5-2-3-8-15(12)18-16(20)11-17-10-13-6-4-7-14(19)9-13/h2-3,5,8,13-14,17,19H,4,6-7,9-11H2,1H3,(H,18,20). The van der Waals surface area contributed by atoms with Crippen LogP contribution in [0.3, 0.4) is 0 Å². The zero-order chi connectivity index (χ0) is 14.4. The second kappa shape index (κ2) is 7.41. The molecule has 20 heavy (non-hydrogen) atoms. The maximum Gasteiger partial charge on any atom is 0.238 e. The number of carbonyl (C=O) groups is 1. The molecule has 2 atom stereocenters. The highest BCUT2D eigenvalue weighted by molar-refractivity contribution is 5.92. The lowest BCUT2D eigenvalue weighted by molar-refractivity contribution is -0.115. The van der Waals surface area contributed by atoms with Crippen LogP contribution in [0.25, 0.3) is 0 Å². The monoisotopic (exact) mass is 276 g/mol. The first kappa shape index (κ1) is 15.0. The van der Waals surface area contributed by atoms with Crippen LogP contribution in [0.4, 0.5) is 5.69 Å². The minimum absolute atomic E-state index is 0.0179. The molecule has 110 valence electrons. The third-order valence-corrected chi connectivity index (χ3v) is 3.89. The minimum atomic E-state index is -0.156. The van der Waals surface area contributed by atoms with Gasteiger partial charge in [-0.15, -0.1) is 0 Å². The number of aliphatic hydroxyl groups excluding tert-OH is 1. The fraction of sp³-hybridized carbons (Fsp3) is 0.562. The summed E-state index contributed by atoms with van der Waals surface area (Å²) in [7, 11) is 0. The molecule has 2 rings (SSSR count). The lowest BCUT2D eigenvalue weighted by Crippen LogP contribution is -2.34. The van der Waals surface area contributed by atoms with Gasteiger partial charge in [0.25, 0.3) is 0 Å². The Bertz CT molecular complexity index is 448. The van der Waals surface area contributed by atoms with Crippen molar-refractivity contribution in [3.63, 3.8) is 0 Å². The van der Waals surface area contributed by atoms with Gasteiger partial charge < -0.3 is 15.7 Å². The minimum Gasteiger partial charge on any atom is -0.393 e. The van der Waals surface area contributed by atoms with Crippen LogP contribution in [0.15, 0.2) is 24.3 Å². The van der Waals surface area contributed by atoms with E-state index in [0.29, 0.717) is 12.5 Å². The summed E-state index contributed by atoms with van der Waals surface area (Å²) in [5.41, 5.74) is 1.93. The van der Waals surface area contributed by atoms with Crippen molar-refractivity contribution in [1.82, 2.24) is 5.32 Å². The van der Waals surface area contributed by atoms with Gasteiger partial charge in [-0.25, -0.2) is 0 Å². The van der Waals surface area contributed by atoms with Gasteiger partial charge in [0, 0.05) is 5.69 Å². The van der Waals surface area contributed by atoms with Crippen molar-refractivity contribution >= 4 is 11.6 Å². The largest absolute Gasteiger partial charge is 0.393 e. The Hall–Kier alpha value is -1.39. The average molecular weight is 276 g/mol. The topological polar surface area (TPSA) is 61.4 Å². The molecule has 2 unspecified atom stereocenters. The van der Waals surface area contributed by atoms with Crippen molar-refractivity contribution in [2.75, 3.05) is 18.4 Å². The molecular weight excluding hydrogens is 252 g/mol. The van der Waals surface area contributed by atoms with Crippen molar-refractivity contribution in [1.29, 1.82) is 0 Å². The quantitative estimate of drug-likeness (QED) is 0.771. The Labute approximate surface area is 120 Å². The number of amides is 1. The van der Waals surface area contributed by atoms with Crippen molar-refractivity contribution in [3.8, 4) is 0 Å². The van der Waals surface area contributed by atoms with E-state index in [2.05, 4.69) is 10.6 Å². The molecule has 1 aromatic rings. The molecule has 1 saturated carbocycles. The van der Waals surface area contributed by atoms with Crippen molar-refractivity contribution in [2.24, 2.45) is 5.92 Å². The average Bonchev–Trinajstić information content (AvgIpc) is 2.41. The van der Waals surface area contributed by atoms with Crippen molar-refractivity contribution in [2.45, 2.75) is 38.7 Å². The van der Waals surface area contributed by atoms with Crippen LogP contribution in [0.2, 0.25) is 0 Å². The summed E-state index contributed by atoms with van der Waals surface area (Å²) in [6.07, 6.45) is 3.85. The van der Waals surface area contributed by atoms with Gasteiger partial charge in [-0.3, -0.25) is 4.79 Å². The molecular formula is C16H24N2O2. The zero-order valence-corrected chi connectivity index (χ0v) is 12.1. The second-order valence-electron chi connectivity index (χ2n) is 5.68. The van der Waals surface area contributed by atoms with Crippen LogP contribution in [0.5, 0.6) is 0 Å². The summed E-state index contributed by atoms with van der Waals surface area (Å²) in [5, 5.41) is 15.7. The van der Waals surface area contributed by atoms with Crippen LogP contribution in [-0.4, -0.2) is 30.2 Å². The van der Waals surface area contributed by atoms with E-state index < -0.39 is 0 Å². The van der Waals surface area contributed by atoms with E-state index in [9.17, 15) is 9.90 Å². The Morgan fingerprint density at radius 2 is 2.15 bits per heavy atom. The smallest absolute Gasteiger partial charge is 0.238 e. The number of aryl methyl sites for hydroxylation is 1. The number of anilines is 1. The highest BCUT2D eigenvalue weighted by Gasteiger charge is 2.19. The second-order valence-corrected chi connectivity index (χ2v) is 5.68. The zero-order valence-electron chi connectivity index (χ0n) is 12.1. The molecule has 0 spiro atoms. The Balaban J connectivity index is 1.69. The number of rotatable bonds is 5. The first-order valence-electron chi connectivity index (χ1n) is 7.39. The van der Waals surface area contributed by atoms with Crippen LogP contribution in [-0.2, 0) is 4.79 Å². The first-order valence-corrected chi connectivity index (χ1v) is 7.39. The molecule has 0 radical (unpaired) electrons. The van der Waals surface area contributed by atoms with E-state index in [1.165, 1.54) is 0 Å². The SMILES string of the molecule is Cc1ccccc1NC(=O)CNCC1CCCC(O)C1. The number of aliphatic hydroxyl groups is 1. The van der Waals surface area contributed by atoms with Gasteiger partial charge in [-0.1, -0.05) is 24.6 Å². The fourth-order valence-corrected chi connectivity index (χ4v) is 2.75. The highest BCUT2D eigenvalue weighted by atomic mass is 16.3. The number of nitrogens with one attached hydrogen (secondary N) is 2. The van der Waals surface area contributed by atoms with Crippen LogP contribution >= 0.6 is 0 Å². The Morgan fingerprint density at radius 3 is 2.90 bits per heavy atom. The summed E-state index contributed by atoms with van der Waals surface area (Å²) >= 11 is 0. The Kier molecular flexibility index (Phi) is 5.56. The van der Waals surface area contributed by atoms with E-state index >= 15 is 0 Å². The molecule has 1 amide bonds. The van der Waals surface area contributed by atoms with Gasteiger partial charge in [0.05, 0.1) is 12.6 Å². The number of hydrogen-bond acceptors (Lipinski definition) is 3. The summed E-state index contributed by atoms with van der Waals surface area (Å²) in [6.45, 7) is 3.10. The molecule has 4 heteroatoms. The maximum absolute atomic E-state index is 11.8. The molecule has 0 bridgehead atoms. The highest BCUT2D eigenvalue weighted by Crippen LogP contribution is 2.23. The van der Waals surface area contributed by atoms with Gasteiger partial charge in [0.2, 0.25) is 5.91 Å². The number of benzene rings is 1. The lowest BCUT2D eigenvalue weighted by Gasteiger charge is -2.25. The molecule has 1 fully saturated rings. The molecule has 0 heterocycles. The number of carbonyl (C=O) groups excluding carboxylic acids is 1. The van der Waals surface area contributed by atoms with Gasteiger partial charge >= 0.3 is 0 Å². The summed E-state index contributed by atoms with van der Waals surface area (Å²) in [6, 6.07) is 7.76. The molecule has 0 aromatic heterocycles. The molecule has 1 aliphatic carbocycles. The maximum atomic E-state index is 11.8. The molecule has 1 aromatic carbocycles. The van der Waals surface area contributed by atoms with Crippen LogP contribution in [0, 0.1) is 12.8 Å². The van der Waals surface area contributed by atoms with E-state index in [-0.39, 0.29) is 12.0 Å². The van der Waals surface area contributed by atoms with Crippen LogP contribution in [0.1, 0.15) is 31.2 Å². The third-order valence-electron chi connectivity index (χ3n) is 3.89. The van der Waals surface area contributed by atoms with E-state index in [1.54, 1.807) is 0 Å². The molecule has 0 aliphatic heterocycles. The normalized spacial score (nSPS) is 22.5. The predicted molar refractivity (Wildman–Crippen MR) is 80.6 cm³/mol. The summed E-state index contributed by atoms with van der Waals surface area (Å²) in [4.78, 5) is 11.8. The van der Waals surface area contributed by atoms with Gasteiger partial charge in [0.15, 0.2) is 0 Å². The molecule has 3 N–H and O–H groups in total. The van der Waals surface area contributed by atoms with Crippen molar-refractivity contribution in [3.05, 3.63) is 29.8 Å². The number of hydrogen-bond donors (Lipinski definition) is 3. The summed E-state index contributed by atoms with van der Waals surface area (Å²) in [5.74, 6) is 0.473. The lowest BCUT2D eigenvalue weighted by atomic mass is 9.87. The first-order chi connectivity index (χ1) is 9.65. The van der Waals surface area contributed by atoms with E-state index in [4.69, 9.17) is 0 Å². The third kappa shape index (κ3) is 4.62. The van der Waals surface area contributed by atoms with Gasteiger partial charge in [-0.2, -0.15) is 0 Å². The fourth-order valence-electron chi connectivity index (χ4n) is 2.75. The molecule has 4 nitrogen and oxygen atoms in total. The molecule has 0 saturated heterocycles.